The van der Waals surface area contributed by atoms with Gasteiger partial charge in [-0.05, 0) is 51.5 Å². The second kappa shape index (κ2) is 16.0. The van der Waals surface area contributed by atoms with E-state index in [9.17, 15) is 14.9 Å². The van der Waals surface area contributed by atoms with Gasteiger partial charge in [-0.15, -0.1) is 11.8 Å². The maximum atomic E-state index is 14.0. The highest BCUT2D eigenvalue weighted by atomic mass is 32.2. The maximum Gasteiger partial charge on any atom is 0.313 e. The molecule has 1 aliphatic heterocycles. The van der Waals surface area contributed by atoms with Gasteiger partial charge in [-0.2, -0.15) is 5.26 Å². The molecule has 1 amide bonds. The summed E-state index contributed by atoms with van der Waals surface area (Å²) in [6, 6.07) is 12.2. The Morgan fingerprint density at radius 2 is 1.71 bits per heavy atom. The minimum atomic E-state index is -1.05. The molecule has 1 aromatic rings. The SMILES string of the molecule is COCCOCCOC(=O)C(C)(CC(C)(C)C(C)(C#N)CCC(=O)N1CCSC1=S)C(C)(C)SC(=S)c1ccccc1. The number of amides is 1. The fourth-order valence-electron chi connectivity index (χ4n) is 4.84. The highest BCUT2D eigenvalue weighted by Gasteiger charge is 2.55. The van der Waals surface area contributed by atoms with Crippen LogP contribution < -0.4 is 0 Å². The van der Waals surface area contributed by atoms with Crippen LogP contribution in [-0.2, 0) is 23.8 Å². The molecule has 1 saturated heterocycles. The van der Waals surface area contributed by atoms with Crippen LogP contribution in [-0.4, -0.2) is 75.9 Å². The quantitative estimate of drug-likeness (QED) is 0.110. The third-order valence-electron chi connectivity index (χ3n) is 8.47. The molecule has 7 nitrogen and oxygen atoms in total. The lowest BCUT2D eigenvalue weighted by atomic mass is 9.57. The molecule has 1 aromatic carbocycles. The van der Waals surface area contributed by atoms with Crippen molar-refractivity contribution in [2.24, 2.45) is 16.2 Å². The van der Waals surface area contributed by atoms with Crippen molar-refractivity contribution in [1.29, 1.82) is 5.26 Å². The average Bonchev–Trinajstić information content (AvgIpc) is 3.38. The van der Waals surface area contributed by atoms with Crippen LogP contribution in [0.2, 0.25) is 0 Å². The van der Waals surface area contributed by atoms with Gasteiger partial charge in [0.1, 0.15) is 10.9 Å². The Morgan fingerprint density at radius 1 is 1.07 bits per heavy atom. The first-order valence-corrected chi connectivity index (χ1v) is 16.7. The monoisotopic (exact) mass is 652 g/mol. The van der Waals surface area contributed by atoms with E-state index in [1.54, 1.807) is 12.0 Å². The van der Waals surface area contributed by atoms with Crippen LogP contribution in [0.1, 0.15) is 66.4 Å². The zero-order valence-electron chi connectivity index (χ0n) is 25.8. The van der Waals surface area contributed by atoms with Crippen molar-refractivity contribution >= 4 is 68.4 Å². The van der Waals surface area contributed by atoms with Crippen molar-refractivity contribution in [2.45, 2.75) is 65.6 Å². The van der Waals surface area contributed by atoms with Crippen LogP contribution >= 0.6 is 48.0 Å². The molecule has 0 saturated carbocycles. The van der Waals surface area contributed by atoms with Gasteiger partial charge in [-0.3, -0.25) is 14.5 Å². The molecule has 232 valence electrons. The first-order valence-electron chi connectivity index (χ1n) is 14.0. The molecule has 42 heavy (non-hydrogen) atoms. The van der Waals surface area contributed by atoms with E-state index in [4.69, 9.17) is 38.6 Å². The zero-order valence-corrected chi connectivity index (χ0v) is 29.1. The zero-order chi connectivity index (χ0) is 31.6. The third kappa shape index (κ3) is 9.23. The predicted molar refractivity (Wildman–Crippen MR) is 180 cm³/mol. The highest BCUT2D eigenvalue weighted by Crippen LogP contribution is 2.55. The normalized spacial score (nSPS) is 16.8. The smallest absolute Gasteiger partial charge is 0.313 e. The summed E-state index contributed by atoms with van der Waals surface area (Å²) < 4.78 is 16.9. The summed E-state index contributed by atoms with van der Waals surface area (Å²) in [6.07, 6.45) is 0.870. The van der Waals surface area contributed by atoms with Crippen LogP contribution in [0.5, 0.6) is 0 Å². The lowest BCUT2D eigenvalue weighted by Crippen LogP contribution is -2.52. The molecule has 2 atom stereocenters. The van der Waals surface area contributed by atoms with E-state index >= 15 is 0 Å². The van der Waals surface area contributed by atoms with Crippen molar-refractivity contribution in [1.82, 2.24) is 4.90 Å². The fourth-order valence-corrected chi connectivity index (χ4v) is 7.94. The number of ether oxygens (including phenoxy) is 3. The number of rotatable bonds is 16. The van der Waals surface area contributed by atoms with Gasteiger partial charge in [0.2, 0.25) is 5.91 Å². The van der Waals surface area contributed by atoms with Gasteiger partial charge in [0, 0.05) is 30.6 Å². The number of hydrogen-bond donors (Lipinski definition) is 0. The molecule has 2 rings (SSSR count). The second-order valence-electron chi connectivity index (χ2n) is 12.0. The maximum absolute atomic E-state index is 14.0. The minimum absolute atomic E-state index is 0.0676. The fraction of sp³-hybridized carbons (Fsp3) is 0.645. The number of thioether (sulfide) groups is 2. The second-order valence-corrected chi connectivity index (χ2v) is 16.0. The summed E-state index contributed by atoms with van der Waals surface area (Å²) in [5, 5.41) is 10.5. The van der Waals surface area contributed by atoms with Crippen LogP contribution in [0.15, 0.2) is 30.3 Å². The number of nitrogens with zero attached hydrogens (tertiary/aromatic N) is 2. The van der Waals surface area contributed by atoms with Crippen molar-refractivity contribution < 1.29 is 23.8 Å². The standard InChI is InChI=1S/C31H44N2O5S4/c1-28(2,30(5,22-32)14-13-24(34)33-15-20-41-27(33)40)21-31(6,26(35)38-19-18-37-17-16-36-7)29(3,4)42-25(39)23-11-9-8-10-12-23/h8-12H,13-21H2,1-7H3. The minimum Gasteiger partial charge on any atom is -0.463 e. The van der Waals surface area contributed by atoms with E-state index in [-0.39, 0.29) is 31.5 Å². The topological polar surface area (TPSA) is 88.9 Å². The number of thiocarbonyl (C=S) groups is 2. The molecule has 2 unspecified atom stereocenters. The Balaban J connectivity index is 2.32. The van der Waals surface area contributed by atoms with E-state index in [2.05, 4.69) is 6.07 Å². The molecule has 0 bridgehead atoms. The Morgan fingerprint density at radius 3 is 2.29 bits per heavy atom. The van der Waals surface area contributed by atoms with E-state index < -0.39 is 21.0 Å². The molecule has 0 N–H and O–H groups in total. The predicted octanol–water partition coefficient (Wildman–Crippen LogP) is 6.67. The molecule has 1 aliphatic rings. The van der Waals surface area contributed by atoms with Crippen molar-refractivity contribution in [3.05, 3.63) is 35.9 Å². The lowest BCUT2D eigenvalue weighted by molar-refractivity contribution is -0.161. The number of methoxy groups -OCH3 is 1. The molecular formula is C31H44N2O5S4. The lowest BCUT2D eigenvalue weighted by Gasteiger charge is -2.49. The summed E-state index contributed by atoms with van der Waals surface area (Å²) in [5.41, 5.74) is -1.74. The van der Waals surface area contributed by atoms with Gasteiger partial charge >= 0.3 is 5.97 Å². The van der Waals surface area contributed by atoms with E-state index in [0.29, 0.717) is 41.1 Å². The van der Waals surface area contributed by atoms with Gasteiger partial charge in [0.05, 0.1) is 40.9 Å². The van der Waals surface area contributed by atoms with Crippen molar-refractivity contribution in [3.8, 4) is 6.07 Å². The number of benzene rings is 1. The number of carbonyl (C=O) groups is 2. The van der Waals surface area contributed by atoms with Gasteiger partial charge in [0.15, 0.2) is 0 Å². The number of hydrogen-bond acceptors (Lipinski definition) is 10. The van der Waals surface area contributed by atoms with E-state index in [0.717, 1.165) is 11.3 Å². The summed E-state index contributed by atoms with van der Waals surface area (Å²) in [7, 11) is 1.60. The Hall–Kier alpha value is -1.55. The van der Waals surface area contributed by atoms with Gasteiger partial charge < -0.3 is 14.2 Å². The molecule has 0 aromatic heterocycles. The third-order valence-corrected chi connectivity index (χ3v) is 11.8. The molecular weight excluding hydrogens is 609 g/mol. The largest absolute Gasteiger partial charge is 0.463 e. The van der Waals surface area contributed by atoms with Crippen molar-refractivity contribution in [3.63, 3.8) is 0 Å². The van der Waals surface area contributed by atoms with Gasteiger partial charge in [-0.1, -0.05) is 80.4 Å². The summed E-state index contributed by atoms with van der Waals surface area (Å²) in [6.45, 7) is 13.6. The van der Waals surface area contributed by atoms with Crippen LogP contribution in [0.4, 0.5) is 0 Å². The number of nitriles is 1. The van der Waals surface area contributed by atoms with E-state index in [1.807, 2.05) is 71.9 Å². The highest BCUT2D eigenvalue weighted by molar-refractivity contribution is 8.24. The summed E-state index contributed by atoms with van der Waals surface area (Å²) >= 11 is 14.1. The molecule has 0 spiro atoms. The molecule has 1 fully saturated rings. The Bertz CT molecular complexity index is 1150. The molecule has 11 heteroatoms. The van der Waals surface area contributed by atoms with Crippen LogP contribution in [0.3, 0.4) is 0 Å². The first-order chi connectivity index (χ1) is 19.6. The van der Waals surface area contributed by atoms with Crippen LogP contribution in [0.25, 0.3) is 0 Å². The molecule has 0 radical (unpaired) electrons. The van der Waals surface area contributed by atoms with Crippen LogP contribution in [0, 0.1) is 27.6 Å². The van der Waals surface area contributed by atoms with E-state index in [1.165, 1.54) is 23.5 Å². The Kier molecular flexibility index (Phi) is 13.9. The molecule has 1 heterocycles. The first kappa shape index (κ1) is 36.6. The summed E-state index contributed by atoms with van der Waals surface area (Å²) in [4.78, 5) is 28.6. The van der Waals surface area contributed by atoms with Gasteiger partial charge in [-0.25, -0.2) is 0 Å². The number of carbonyl (C=O) groups excluding carboxylic acids is 2. The number of esters is 1. The van der Waals surface area contributed by atoms with Crippen molar-refractivity contribution in [2.75, 3.05) is 45.8 Å². The summed E-state index contributed by atoms with van der Waals surface area (Å²) in [5.74, 6) is 0.346. The molecule has 0 aliphatic carbocycles. The average molecular weight is 653 g/mol. The van der Waals surface area contributed by atoms with Gasteiger partial charge in [0.25, 0.3) is 0 Å². The Labute approximate surface area is 270 Å².